The highest BCUT2D eigenvalue weighted by Crippen LogP contribution is 2.26. The molecule has 0 spiro atoms. The minimum atomic E-state index is 0.431. The Hall–Kier alpha value is -2.48. The molecule has 8 heteroatoms. The summed E-state index contributed by atoms with van der Waals surface area (Å²) in [6.45, 7) is 3.80. The molecule has 1 fully saturated rings. The molecule has 0 aliphatic carbocycles. The van der Waals surface area contributed by atoms with E-state index in [0.717, 1.165) is 17.9 Å². The molecule has 3 heterocycles. The summed E-state index contributed by atoms with van der Waals surface area (Å²) < 4.78 is 5.34. The van der Waals surface area contributed by atoms with Gasteiger partial charge in [0.05, 0.1) is 7.11 Å². The van der Waals surface area contributed by atoms with Gasteiger partial charge >= 0.3 is 0 Å². The molecule has 3 rings (SSSR count). The maximum Gasteiger partial charge on any atom is 0.234 e. The quantitative estimate of drug-likeness (QED) is 0.776. The Morgan fingerprint density at radius 1 is 1.38 bits per heavy atom. The number of hydrogen-bond acceptors (Lipinski definition) is 6. The van der Waals surface area contributed by atoms with Gasteiger partial charge in [0.15, 0.2) is 5.11 Å². The van der Waals surface area contributed by atoms with E-state index in [4.69, 9.17) is 17.0 Å². The van der Waals surface area contributed by atoms with E-state index < -0.39 is 0 Å². The Kier molecular flexibility index (Phi) is 6.17. The van der Waals surface area contributed by atoms with E-state index in [1.165, 1.54) is 19.3 Å². The van der Waals surface area contributed by atoms with Crippen LogP contribution in [0.25, 0.3) is 0 Å². The van der Waals surface area contributed by atoms with E-state index >= 15 is 0 Å². The van der Waals surface area contributed by atoms with E-state index in [0.29, 0.717) is 29.5 Å². The van der Waals surface area contributed by atoms with Gasteiger partial charge in [-0.1, -0.05) is 6.07 Å². The first-order chi connectivity index (χ1) is 12.7. The highest BCUT2D eigenvalue weighted by atomic mass is 32.1. The molecule has 1 aliphatic rings. The molecule has 7 nitrogen and oxygen atoms in total. The van der Waals surface area contributed by atoms with Gasteiger partial charge in [-0.3, -0.25) is 4.98 Å². The molecule has 1 aliphatic heterocycles. The molecule has 1 saturated heterocycles. The molecule has 138 valence electrons. The van der Waals surface area contributed by atoms with E-state index in [9.17, 15) is 0 Å². The standard InChI is InChI=1S/C18H24N6OS/c1-13-6-3-4-9-24(13)15-10-16(25-2)22-17(21-15)23-18(26)20-12-14-7-5-8-19-11-14/h5,7-8,10-11,13H,3-4,6,9,12H2,1-2H3,(H2,20,21,22,23,26)/t13-/m1/s1. The number of ether oxygens (including phenoxy) is 1. The van der Waals surface area contributed by atoms with Crippen LogP contribution in [-0.4, -0.2) is 39.8 Å². The Bertz CT molecular complexity index is 742. The molecule has 26 heavy (non-hydrogen) atoms. The summed E-state index contributed by atoms with van der Waals surface area (Å²) in [6.07, 6.45) is 7.14. The molecule has 2 aromatic heterocycles. The molecular weight excluding hydrogens is 348 g/mol. The first kappa shape index (κ1) is 18.3. The van der Waals surface area contributed by atoms with Gasteiger partial charge in [-0.25, -0.2) is 0 Å². The minimum absolute atomic E-state index is 0.431. The van der Waals surface area contributed by atoms with E-state index in [-0.39, 0.29) is 0 Å². The van der Waals surface area contributed by atoms with Crippen molar-refractivity contribution < 1.29 is 4.74 Å². The summed E-state index contributed by atoms with van der Waals surface area (Å²) >= 11 is 5.36. The highest BCUT2D eigenvalue weighted by molar-refractivity contribution is 7.80. The first-order valence-electron chi connectivity index (χ1n) is 8.79. The fourth-order valence-electron chi connectivity index (χ4n) is 2.99. The van der Waals surface area contributed by atoms with Crippen molar-refractivity contribution >= 4 is 29.1 Å². The van der Waals surface area contributed by atoms with Crippen LogP contribution in [0.3, 0.4) is 0 Å². The molecule has 0 saturated carbocycles. The van der Waals surface area contributed by atoms with Crippen molar-refractivity contribution in [2.75, 3.05) is 23.9 Å². The Labute approximate surface area is 159 Å². The fraction of sp³-hybridized carbons (Fsp3) is 0.444. The van der Waals surface area contributed by atoms with Crippen molar-refractivity contribution in [3.8, 4) is 5.88 Å². The maximum atomic E-state index is 5.36. The third kappa shape index (κ3) is 4.78. The number of thiocarbonyl (C=S) groups is 1. The van der Waals surface area contributed by atoms with Crippen LogP contribution >= 0.6 is 12.2 Å². The van der Waals surface area contributed by atoms with Crippen LogP contribution in [0.5, 0.6) is 5.88 Å². The summed E-state index contributed by atoms with van der Waals surface area (Å²) in [5.41, 5.74) is 1.05. The van der Waals surface area contributed by atoms with E-state index in [1.54, 1.807) is 19.5 Å². The molecule has 2 aromatic rings. The number of aromatic nitrogens is 3. The van der Waals surface area contributed by atoms with Crippen LogP contribution < -0.4 is 20.3 Å². The average molecular weight is 372 g/mol. The van der Waals surface area contributed by atoms with Gasteiger partial charge in [-0.05, 0) is 50.0 Å². The van der Waals surface area contributed by atoms with Gasteiger partial charge < -0.3 is 20.3 Å². The zero-order chi connectivity index (χ0) is 18.4. The van der Waals surface area contributed by atoms with Crippen molar-refractivity contribution in [3.63, 3.8) is 0 Å². The zero-order valence-electron chi connectivity index (χ0n) is 15.1. The van der Waals surface area contributed by atoms with Gasteiger partial charge in [0, 0.05) is 37.6 Å². The summed E-state index contributed by atoms with van der Waals surface area (Å²) in [5.74, 6) is 1.81. The minimum Gasteiger partial charge on any atom is -0.481 e. The number of hydrogen-bond donors (Lipinski definition) is 2. The summed E-state index contributed by atoms with van der Waals surface area (Å²) in [4.78, 5) is 15.4. The lowest BCUT2D eigenvalue weighted by Crippen LogP contribution is -2.38. The van der Waals surface area contributed by atoms with Gasteiger partial charge in [-0.2, -0.15) is 9.97 Å². The Morgan fingerprint density at radius 2 is 2.27 bits per heavy atom. The van der Waals surface area contributed by atoms with Crippen LogP contribution in [0, 0.1) is 0 Å². The van der Waals surface area contributed by atoms with Crippen molar-refractivity contribution in [2.24, 2.45) is 0 Å². The topological polar surface area (TPSA) is 75.2 Å². The molecule has 0 radical (unpaired) electrons. The van der Waals surface area contributed by atoms with Crippen molar-refractivity contribution in [3.05, 3.63) is 36.2 Å². The van der Waals surface area contributed by atoms with Gasteiger partial charge in [0.1, 0.15) is 5.82 Å². The molecule has 0 bridgehead atoms. The predicted molar refractivity (Wildman–Crippen MR) is 107 cm³/mol. The third-order valence-corrected chi connectivity index (χ3v) is 4.64. The van der Waals surface area contributed by atoms with E-state index in [1.807, 2.05) is 18.2 Å². The largest absolute Gasteiger partial charge is 0.481 e. The Balaban J connectivity index is 1.68. The maximum absolute atomic E-state index is 5.36. The number of pyridine rings is 1. The number of methoxy groups -OCH3 is 1. The van der Waals surface area contributed by atoms with Crippen LogP contribution in [0.1, 0.15) is 31.7 Å². The molecule has 1 atom stereocenters. The highest BCUT2D eigenvalue weighted by Gasteiger charge is 2.21. The van der Waals surface area contributed by atoms with Gasteiger partial charge in [0.25, 0.3) is 0 Å². The lowest BCUT2D eigenvalue weighted by Gasteiger charge is -2.34. The van der Waals surface area contributed by atoms with Gasteiger partial charge in [0.2, 0.25) is 11.8 Å². The first-order valence-corrected chi connectivity index (χ1v) is 9.20. The number of rotatable bonds is 5. The average Bonchev–Trinajstić information content (AvgIpc) is 2.67. The second kappa shape index (κ2) is 8.75. The molecular formula is C18H24N6OS. The Morgan fingerprint density at radius 3 is 3.00 bits per heavy atom. The zero-order valence-corrected chi connectivity index (χ0v) is 15.9. The summed E-state index contributed by atoms with van der Waals surface area (Å²) in [7, 11) is 1.61. The van der Waals surface area contributed by atoms with Crippen molar-refractivity contribution in [1.82, 2.24) is 20.3 Å². The lowest BCUT2D eigenvalue weighted by molar-refractivity contribution is 0.396. The molecule has 2 N–H and O–H groups in total. The number of nitrogens with zero attached hydrogens (tertiary/aromatic N) is 4. The van der Waals surface area contributed by atoms with Gasteiger partial charge in [-0.15, -0.1) is 0 Å². The second-order valence-electron chi connectivity index (χ2n) is 6.30. The van der Waals surface area contributed by atoms with Crippen molar-refractivity contribution in [2.45, 2.75) is 38.8 Å². The van der Waals surface area contributed by atoms with Crippen LogP contribution in [0.15, 0.2) is 30.6 Å². The predicted octanol–water partition coefficient (Wildman–Crippen LogP) is 2.75. The fourth-order valence-corrected chi connectivity index (χ4v) is 3.15. The molecule has 0 amide bonds. The second-order valence-corrected chi connectivity index (χ2v) is 6.71. The number of piperidine rings is 1. The van der Waals surface area contributed by atoms with E-state index in [2.05, 4.69) is 37.4 Å². The third-order valence-electron chi connectivity index (χ3n) is 4.40. The van der Waals surface area contributed by atoms with Crippen LogP contribution in [0.4, 0.5) is 11.8 Å². The lowest BCUT2D eigenvalue weighted by atomic mass is 10.0. The smallest absolute Gasteiger partial charge is 0.234 e. The summed E-state index contributed by atoms with van der Waals surface area (Å²) in [6, 6.07) is 6.21. The number of nitrogens with one attached hydrogen (secondary N) is 2. The summed E-state index contributed by atoms with van der Waals surface area (Å²) in [5, 5.41) is 6.65. The normalized spacial score (nSPS) is 16.8. The molecule has 0 aromatic carbocycles. The monoisotopic (exact) mass is 372 g/mol. The van der Waals surface area contributed by atoms with Crippen LogP contribution in [0.2, 0.25) is 0 Å². The van der Waals surface area contributed by atoms with Crippen molar-refractivity contribution in [1.29, 1.82) is 0 Å². The number of anilines is 2. The SMILES string of the molecule is COc1cc(N2CCCC[C@H]2C)nc(NC(=S)NCc2cccnc2)n1. The van der Waals surface area contributed by atoms with Crippen LogP contribution in [-0.2, 0) is 6.54 Å². The molecule has 0 unspecified atom stereocenters.